The summed E-state index contributed by atoms with van der Waals surface area (Å²) in [6, 6.07) is 25.7. The number of aromatic nitrogens is 3. The molecule has 1 N–H and O–H groups in total. The maximum absolute atomic E-state index is 12.4. The summed E-state index contributed by atoms with van der Waals surface area (Å²) in [6.45, 7) is 4.93. The first-order valence-electron chi connectivity index (χ1n) is 10.7. The van der Waals surface area contributed by atoms with E-state index in [0.29, 0.717) is 17.5 Å². The third kappa shape index (κ3) is 6.02. The highest BCUT2D eigenvalue weighted by atomic mass is 32.2. The van der Waals surface area contributed by atoms with Gasteiger partial charge in [0.25, 0.3) is 0 Å². The van der Waals surface area contributed by atoms with Crippen LogP contribution in [0.15, 0.2) is 84.0 Å². The van der Waals surface area contributed by atoms with E-state index in [1.165, 1.54) is 22.9 Å². The topological polar surface area (TPSA) is 69.0 Å². The Morgan fingerprint density at radius 2 is 1.67 bits per heavy atom. The van der Waals surface area contributed by atoms with Crippen LogP contribution >= 0.6 is 11.8 Å². The van der Waals surface area contributed by atoms with Crippen molar-refractivity contribution < 1.29 is 9.53 Å². The molecule has 33 heavy (non-hydrogen) atoms. The van der Waals surface area contributed by atoms with Gasteiger partial charge in [-0.2, -0.15) is 0 Å². The number of hydrogen-bond acceptors (Lipinski definition) is 5. The summed E-state index contributed by atoms with van der Waals surface area (Å²) in [5.74, 6) is 1.63. The number of thioether (sulfide) groups is 1. The molecule has 0 fully saturated rings. The largest absolute Gasteiger partial charge is 0.486 e. The van der Waals surface area contributed by atoms with Crippen LogP contribution in [0.25, 0.3) is 5.69 Å². The maximum atomic E-state index is 12.4. The van der Waals surface area contributed by atoms with Crippen molar-refractivity contribution in [1.82, 2.24) is 20.1 Å². The third-order valence-electron chi connectivity index (χ3n) is 5.23. The second kappa shape index (κ2) is 10.8. The molecule has 0 aliphatic carbocycles. The number of amides is 1. The molecule has 0 aliphatic heterocycles. The number of hydrogen-bond donors (Lipinski definition) is 1. The van der Waals surface area contributed by atoms with E-state index in [2.05, 4.69) is 41.5 Å². The number of nitrogens with one attached hydrogen (secondary N) is 1. The molecule has 0 aliphatic rings. The highest BCUT2D eigenvalue weighted by molar-refractivity contribution is 7.99. The molecule has 7 heteroatoms. The number of nitrogens with zero attached hydrogens (tertiary/aromatic N) is 3. The fourth-order valence-electron chi connectivity index (χ4n) is 3.25. The summed E-state index contributed by atoms with van der Waals surface area (Å²) in [5, 5.41) is 12.3. The van der Waals surface area contributed by atoms with Gasteiger partial charge in [0.05, 0.1) is 5.75 Å². The van der Waals surface area contributed by atoms with Crippen LogP contribution < -0.4 is 10.1 Å². The number of benzene rings is 3. The average Bonchev–Trinajstić information content (AvgIpc) is 3.26. The van der Waals surface area contributed by atoms with Crippen LogP contribution in [0.2, 0.25) is 0 Å². The minimum atomic E-state index is -0.0550. The molecular weight excluding hydrogens is 432 g/mol. The Balaban J connectivity index is 1.49. The molecule has 0 bridgehead atoms. The van der Waals surface area contributed by atoms with Crippen molar-refractivity contribution in [1.29, 1.82) is 0 Å². The smallest absolute Gasteiger partial charge is 0.230 e. The average molecular weight is 459 g/mol. The van der Waals surface area contributed by atoms with Crippen LogP contribution in [0, 0.1) is 13.8 Å². The van der Waals surface area contributed by atoms with Gasteiger partial charge in [0, 0.05) is 12.2 Å². The molecule has 0 spiro atoms. The molecule has 4 rings (SSSR count). The molecule has 1 heterocycles. The highest BCUT2D eigenvalue weighted by Crippen LogP contribution is 2.24. The Bertz CT molecular complexity index is 1210. The summed E-state index contributed by atoms with van der Waals surface area (Å²) in [7, 11) is 0. The number of para-hydroxylation sites is 1. The number of rotatable bonds is 9. The molecule has 0 saturated carbocycles. The molecular formula is C26H26N4O2S. The van der Waals surface area contributed by atoms with E-state index < -0.39 is 0 Å². The zero-order valence-electron chi connectivity index (χ0n) is 18.7. The van der Waals surface area contributed by atoms with Crippen LogP contribution in [-0.2, 0) is 17.9 Å². The summed E-state index contributed by atoms with van der Waals surface area (Å²) in [4.78, 5) is 12.4. The molecule has 0 unspecified atom stereocenters. The molecule has 0 radical (unpaired) electrons. The minimum absolute atomic E-state index is 0.0550. The monoisotopic (exact) mass is 458 g/mol. The van der Waals surface area contributed by atoms with E-state index in [9.17, 15) is 4.79 Å². The highest BCUT2D eigenvalue weighted by Gasteiger charge is 2.17. The molecule has 0 saturated heterocycles. The SMILES string of the molecule is Cc1ccc(-n2c(COc3ccccc3)nnc2SCC(=O)NCc2ccccc2)cc1C. The Morgan fingerprint density at radius 1 is 0.939 bits per heavy atom. The van der Waals surface area contributed by atoms with Gasteiger partial charge in [-0.05, 0) is 54.8 Å². The maximum Gasteiger partial charge on any atom is 0.230 e. The van der Waals surface area contributed by atoms with Gasteiger partial charge >= 0.3 is 0 Å². The first kappa shape index (κ1) is 22.6. The zero-order chi connectivity index (χ0) is 23.0. The van der Waals surface area contributed by atoms with Crippen LogP contribution in [0.5, 0.6) is 5.75 Å². The Kier molecular flexibility index (Phi) is 7.42. The number of ether oxygens (including phenoxy) is 1. The summed E-state index contributed by atoms with van der Waals surface area (Å²) < 4.78 is 7.89. The molecule has 0 atom stereocenters. The van der Waals surface area contributed by atoms with Crippen molar-refractivity contribution in [2.45, 2.75) is 32.2 Å². The standard InChI is InChI=1S/C26H26N4O2S/c1-19-13-14-22(15-20(19)2)30-24(17-32-23-11-7-4-8-12-23)28-29-26(30)33-18-25(31)27-16-21-9-5-3-6-10-21/h3-15H,16-18H2,1-2H3,(H,27,31). The Hall–Kier alpha value is -3.58. The van der Waals surface area contributed by atoms with Crippen LogP contribution in [0.1, 0.15) is 22.5 Å². The predicted molar refractivity (Wildman–Crippen MR) is 131 cm³/mol. The lowest BCUT2D eigenvalue weighted by molar-refractivity contribution is -0.118. The normalized spacial score (nSPS) is 10.7. The van der Waals surface area contributed by atoms with Crippen molar-refractivity contribution >= 4 is 17.7 Å². The van der Waals surface area contributed by atoms with Gasteiger partial charge in [0.15, 0.2) is 11.0 Å². The van der Waals surface area contributed by atoms with E-state index in [0.717, 1.165) is 17.0 Å². The van der Waals surface area contributed by atoms with E-state index in [-0.39, 0.29) is 18.3 Å². The van der Waals surface area contributed by atoms with E-state index >= 15 is 0 Å². The van der Waals surface area contributed by atoms with Crippen molar-refractivity contribution in [3.63, 3.8) is 0 Å². The second-order valence-electron chi connectivity index (χ2n) is 7.66. The van der Waals surface area contributed by atoms with Gasteiger partial charge in [-0.15, -0.1) is 10.2 Å². The first-order chi connectivity index (χ1) is 16.1. The molecule has 1 aromatic heterocycles. The van der Waals surface area contributed by atoms with Crippen LogP contribution in [-0.4, -0.2) is 26.4 Å². The van der Waals surface area contributed by atoms with E-state index in [1.807, 2.05) is 71.3 Å². The van der Waals surface area contributed by atoms with Gasteiger partial charge in [-0.1, -0.05) is 66.4 Å². The summed E-state index contributed by atoms with van der Waals surface area (Å²) >= 11 is 1.36. The summed E-state index contributed by atoms with van der Waals surface area (Å²) in [6.07, 6.45) is 0. The lowest BCUT2D eigenvalue weighted by atomic mass is 10.1. The number of carbonyl (C=O) groups is 1. The van der Waals surface area contributed by atoms with E-state index in [4.69, 9.17) is 4.74 Å². The van der Waals surface area contributed by atoms with Gasteiger partial charge < -0.3 is 10.1 Å². The van der Waals surface area contributed by atoms with Gasteiger partial charge in [-0.3, -0.25) is 9.36 Å². The predicted octanol–water partition coefficient (Wildman–Crippen LogP) is 4.87. The Labute approximate surface area is 198 Å². The molecule has 1 amide bonds. The molecule has 168 valence electrons. The van der Waals surface area contributed by atoms with E-state index in [1.54, 1.807) is 0 Å². The Morgan fingerprint density at radius 3 is 2.39 bits per heavy atom. The quantitative estimate of drug-likeness (QED) is 0.362. The second-order valence-corrected chi connectivity index (χ2v) is 8.60. The van der Waals surface area contributed by atoms with Crippen molar-refractivity contribution in [3.8, 4) is 11.4 Å². The van der Waals surface area contributed by atoms with Crippen LogP contribution in [0.3, 0.4) is 0 Å². The van der Waals surface area contributed by atoms with Crippen LogP contribution in [0.4, 0.5) is 0 Å². The molecule has 6 nitrogen and oxygen atoms in total. The first-order valence-corrected chi connectivity index (χ1v) is 11.7. The van der Waals surface area contributed by atoms with Crippen molar-refractivity contribution in [3.05, 3.63) is 101 Å². The number of carbonyl (C=O) groups excluding carboxylic acids is 1. The lowest BCUT2D eigenvalue weighted by Gasteiger charge is -2.13. The number of aryl methyl sites for hydroxylation is 2. The lowest BCUT2D eigenvalue weighted by Crippen LogP contribution is -2.24. The van der Waals surface area contributed by atoms with Crippen molar-refractivity contribution in [2.24, 2.45) is 0 Å². The third-order valence-corrected chi connectivity index (χ3v) is 6.15. The summed E-state index contributed by atoms with van der Waals surface area (Å²) in [5.41, 5.74) is 4.40. The zero-order valence-corrected chi connectivity index (χ0v) is 19.5. The molecule has 3 aromatic carbocycles. The molecule has 4 aromatic rings. The fourth-order valence-corrected chi connectivity index (χ4v) is 4.05. The minimum Gasteiger partial charge on any atom is -0.486 e. The van der Waals surface area contributed by atoms with Gasteiger partial charge in [0.1, 0.15) is 12.4 Å². The van der Waals surface area contributed by atoms with Crippen molar-refractivity contribution in [2.75, 3.05) is 5.75 Å². The van der Waals surface area contributed by atoms with Gasteiger partial charge in [0.2, 0.25) is 5.91 Å². The van der Waals surface area contributed by atoms with Gasteiger partial charge in [-0.25, -0.2) is 0 Å². The fraction of sp³-hybridized carbons (Fsp3) is 0.192.